The zero-order valence-corrected chi connectivity index (χ0v) is 21.6. The second-order valence-corrected chi connectivity index (χ2v) is 9.24. The summed E-state index contributed by atoms with van der Waals surface area (Å²) >= 11 is 0. The number of hydrogen-bond donors (Lipinski definition) is 1. The molecule has 0 spiro atoms. The molecule has 0 amide bonds. The normalized spacial score (nSPS) is 11.8. The number of halogens is 2. The molecule has 1 atom stereocenters. The van der Waals surface area contributed by atoms with Crippen molar-refractivity contribution in [2.75, 3.05) is 13.2 Å². The van der Waals surface area contributed by atoms with Crippen LogP contribution < -0.4 is 4.74 Å². The van der Waals surface area contributed by atoms with Gasteiger partial charge in [-0.15, -0.1) is 0 Å². The van der Waals surface area contributed by atoms with Gasteiger partial charge in [0.05, 0.1) is 24.3 Å². The lowest BCUT2D eigenvalue weighted by atomic mass is 9.97. The summed E-state index contributed by atoms with van der Waals surface area (Å²) in [5, 5.41) is 9.57. The molecular weight excluding hydrogens is 466 g/mol. The molecule has 198 valence electrons. The van der Waals surface area contributed by atoms with Crippen LogP contribution in [0.25, 0.3) is 11.1 Å². The highest BCUT2D eigenvalue weighted by molar-refractivity contribution is 5.97. The van der Waals surface area contributed by atoms with E-state index in [-0.39, 0.29) is 40.5 Å². The lowest BCUT2D eigenvalue weighted by Crippen LogP contribution is -2.13. The van der Waals surface area contributed by atoms with E-state index >= 15 is 4.39 Å². The van der Waals surface area contributed by atoms with Gasteiger partial charge in [0.2, 0.25) is 0 Å². The number of ether oxygens (including phenoxy) is 2. The monoisotopic (exact) mass is 504 g/mol. The van der Waals surface area contributed by atoms with E-state index in [9.17, 15) is 19.1 Å². The Balaban J connectivity index is 2.12. The van der Waals surface area contributed by atoms with E-state index in [1.165, 1.54) is 56.4 Å². The molecule has 0 aliphatic rings. The third kappa shape index (κ3) is 8.61. The van der Waals surface area contributed by atoms with Gasteiger partial charge in [0.25, 0.3) is 0 Å². The molecule has 0 radical (unpaired) electrons. The summed E-state index contributed by atoms with van der Waals surface area (Å²) in [6.07, 6.45) is 9.72. The molecule has 0 saturated carbocycles. The maximum Gasteiger partial charge on any atom is 0.341 e. The molecule has 5 nitrogen and oxygen atoms in total. The quantitative estimate of drug-likeness (QED) is 0.185. The fourth-order valence-electron chi connectivity index (χ4n) is 3.80. The summed E-state index contributed by atoms with van der Waals surface area (Å²) in [6, 6.07) is 5.98. The van der Waals surface area contributed by atoms with Crippen molar-refractivity contribution in [2.45, 2.75) is 78.6 Å². The van der Waals surface area contributed by atoms with E-state index in [0.29, 0.717) is 6.61 Å². The van der Waals surface area contributed by atoms with E-state index in [0.717, 1.165) is 31.7 Å². The Morgan fingerprint density at radius 1 is 0.917 bits per heavy atom. The molecule has 2 aromatic carbocycles. The fourth-order valence-corrected chi connectivity index (χ4v) is 3.80. The van der Waals surface area contributed by atoms with Crippen molar-refractivity contribution in [2.24, 2.45) is 5.92 Å². The number of benzene rings is 2. The van der Waals surface area contributed by atoms with E-state index in [2.05, 4.69) is 6.92 Å². The van der Waals surface area contributed by atoms with Gasteiger partial charge in [-0.2, -0.15) is 0 Å². The van der Waals surface area contributed by atoms with E-state index < -0.39 is 23.6 Å². The Morgan fingerprint density at radius 2 is 1.56 bits per heavy atom. The van der Waals surface area contributed by atoms with Crippen LogP contribution in [0.15, 0.2) is 30.3 Å². The van der Waals surface area contributed by atoms with Crippen molar-refractivity contribution < 1.29 is 33.0 Å². The summed E-state index contributed by atoms with van der Waals surface area (Å²) < 4.78 is 40.9. The van der Waals surface area contributed by atoms with Crippen LogP contribution in [0.3, 0.4) is 0 Å². The van der Waals surface area contributed by atoms with Crippen molar-refractivity contribution in [3.63, 3.8) is 0 Å². The van der Waals surface area contributed by atoms with Crippen LogP contribution in [0.4, 0.5) is 8.78 Å². The van der Waals surface area contributed by atoms with E-state index in [1.807, 2.05) is 13.8 Å². The van der Waals surface area contributed by atoms with E-state index in [1.54, 1.807) is 0 Å². The van der Waals surface area contributed by atoms with Crippen LogP contribution in [-0.2, 0) is 4.74 Å². The average Bonchev–Trinajstić information content (AvgIpc) is 2.86. The van der Waals surface area contributed by atoms with Crippen molar-refractivity contribution >= 4 is 11.9 Å². The lowest BCUT2D eigenvalue weighted by molar-refractivity contribution is 0.0441. The van der Waals surface area contributed by atoms with Crippen molar-refractivity contribution in [1.29, 1.82) is 0 Å². The molecule has 0 unspecified atom stereocenters. The highest BCUT2D eigenvalue weighted by atomic mass is 19.1. The number of rotatable bonds is 16. The van der Waals surface area contributed by atoms with Gasteiger partial charge in [0.1, 0.15) is 5.82 Å². The molecule has 1 N–H and O–H groups in total. The third-order valence-corrected chi connectivity index (χ3v) is 6.27. The summed E-state index contributed by atoms with van der Waals surface area (Å²) in [5.74, 6) is -3.91. The first-order valence-corrected chi connectivity index (χ1v) is 13.0. The molecular formula is C29H38F2O5. The summed E-state index contributed by atoms with van der Waals surface area (Å²) in [7, 11) is 0. The molecule has 0 heterocycles. The lowest BCUT2D eigenvalue weighted by Gasteiger charge is -2.14. The molecule has 0 aromatic heterocycles. The molecule has 7 heteroatoms. The van der Waals surface area contributed by atoms with Gasteiger partial charge >= 0.3 is 11.9 Å². The largest absolute Gasteiger partial charge is 0.490 e. The minimum atomic E-state index is -1.35. The van der Waals surface area contributed by atoms with Crippen molar-refractivity contribution in [3.05, 3.63) is 53.1 Å². The molecule has 2 aromatic rings. The van der Waals surface area contributed by atoms with Crippen LogP contribution in [0.5, 0.6) is 5.75 Å². The minimum Gasteiger partial charge on any atom is -0.490 e. The maximum absolute atomic E-state index is 15.4. The van der Waals surface area contributed by atoms with Crippen molar-refractivity contribution in [3.8, 4) is 16.9 Å². The number of carbonyl (C=O) groups excluding carboxylic acids is 1. The van der Waals surface area contributed by atoms with E-state index in [4.69, 9.17) is 9.47 Å². The number of carboxylic acids is 1. The van der Waals surface area contributed by atoms with Crippen LogP contribution in [0.2, 0.25) is 0 Å². The summed E-state index contributed by atoms with van der Waals surface area (Å²) in [4.78, 5) is 24.0. The molecule has 0 bridgehead atoms. The van der Waals surface area contributed by atoms with Gasteiger partial charge < -0.3 is 14.6 Å². The number of carbonyl (C=O) groups is 2. The number of carboxylic acid groups (broad SMARTS) is 1. The van der Waals surface area contributed by atoms with Crippen LogP contribution in [-0.4, -0.2) is 30.3 Å². The topological polar surface area (TPSA) is 72.8 Å². The predicted octanol–water partition coefficient (Wildman–Crippen LogP) is 8.05. The Morgan fingerprint density at radius 3 is 2.17 bits per heavy atom. The Labute approximate surface area is 212 Å². The Kier molecular flexibility index (Phi) is 12.4. The Bertz CT molecular complexity index is 1010. The fraction of sp³-hybridized carbons (Fsp3) is 0.517. The van der Waals surface area contributed by atoms with Crippen LogP contribution in [0, 0.1) is 17.6 Å². The summed E-state index contributed by atoms with van der Waals surface area (Å²) in [5.41, 5.74) is -0.896. The number of unbranched alkanes of at least 4 members (excludes halogenated alkanes) is 7. The summed E-state index contributed by atoms with van der Waals surface area (Å²) in [6.45, 7) is 6.50. The first-order chi connectivity index (χ1) is 17.3. The highest BCUT2D eigenvalue weighted by Crippen LogP contribution is 2.34. The van der Waals surface area contributed by atoms with Gasteiger partial charge in [-0.3, -0.25) is 0 Å². The highest BCUT2D eigenvalue weighted by Gasteiger charge is 2.23. The third-order valence-electron chi connectivity index (χ3n) is 6.27. The number of hydrogen-bond acceptors (Lipinski definition) is 4. The van der Waals surface area contributed by atoms with Gasteiger partial charge in [-0.05, 0) is 42.2 Å². The molecule has 0 saturated heterocycles. The predicted molar refractivity (Wildman–Crippen MR) is 137 cm³/mol. The maximum atomic E-state index is 15.4. The molecule has 36 heavy (non-hydrogen) atoms. The first-order valence-electron chi connectivity index (χ1n) is 13.0. The first kappa shape index (κ1) is 29.3. The van der Waals surface area contributed by atoms with Gasteiger partial charge in [-0.25, -0.2) is 18.4 Å². The van der Waals surface area contributed by atoms with Crippen molar-refractivity contribution in [1.82, 2.24) is 0 Å². The smallest absolute Gasteiger partial charge is 0.341 e. The number of aromatic carboxylic acids is 1. The molecule has 2 rings (SSSR count). The van der Waals surface area contributed by atoms with Gasteiger partial charge in [0.15, 0.2) is 11.6 Å². The second kappa shape index (κ2) is 15.2. The number of esters is 1. The Hall–Kier alpha value is -2.96. The zero-order chi connectivity index (χ0) is 26.5. The van der Waals surface area contributed by atoms with Gasteiger partial charge in [0, 0.05) is 5.56 Å². The van der Waals surface area contributed by atoms with Crippen LogP contribution >= 0.6 is 0 Å². The zero-order valence-electron chi connectivity index (χ0n) is 21.6. The molecule has 0 fully saturated rings. The average molecular weight is 505 g/mol. The van der Waals surface area contributed by atoms with Crippen LogP contribution in [0.1, 0.15) is 99.3 Å². The SMILES string of the molecule is CCCCCCCCCCOc1ccc(C(=O)O)c(-c2ccc(C(=O)OC[C@@H](C)CC)c(F)c2)c1F. The van der Waals surface area contributed by atoms with Gasteiger partial charge in [-0.1, -0.05) is 78.2 Å². The molecule has 0 aliphatic heterocycles. The second-order valence-electron chi connectivity index (χ2n) is 9.24. The standard InChI is InChI=1S/C29H38F2O5/c1-4-6-7-8-9-10-11-12-17-35-25-16-15-23(28(32)33)26(27(25)31)21-13-14-22(24(30)18-21)29(34)36-19-20(3)5-2/h13-16,18,20H,4-12,17,19H2,1-3H3,(H,32,33)/t20-/m0/s1. The minimum absolute atomic E-state index is 0.00148. The molecule has 0 aliphatic carbocycles.